The summed E-state index contributed by atoms with van der Waals surface area (Å²) in [6.07, 6.45) is 0. The van der Waals surface area contributed by atoms with Gasteiger partial charge < -0.3 is 5.32 Å². The Hall–Kier alpha value is -0.0900. The Labute approximate surface area is 102 Å². The summed E-state index contributed by atoms with van der Waals surface area (Å²) in [6, 6.07) is 2.97. The van der Waals surface area contributed by atoms with Crippen molar-refractivity contribution < 1.29 is 4.79 Å². The van der Waals surface area contributed by atoms with Crippen LogP contribution in [0.2, 0.25) is 15.1 Å². The SMILES string of the molecule is O=C(CS)Nc1cc(Cl)c(Cl)cc1Cl. The minimum absolute atomic E-state index is 0.0799. The first-order chi connectivity index (χ1) is 6.54. The molecule has 76 valence electrons. The van der Waals surface area contributed by atoms with Crippen LogP contribution in [-0.2, 0) is 4.79 Å². The molecule has 1 aromatic carbocycles. The number of hydrogen-bond acceptors (Lipinski definition) is 2. The average Bonchev–Trinajstić information content (AvgIpc) is 2.14. The molecule has 0 unspecified atom stereocenters. The van der Waals surface area contributed by atoms with Gasteiger partial charge >= 0.3 is 0 Å². The number of nitrogens with one attached hydrogen (secondary N) is 1. The highest BCUT2D eigenvalue weighted by atomic mass is 35.5. The molecule has 14 heavy (non-hydrogen) atoms. The van der Waals surface area contributed by atoms with Crippen LogP contribution in [0.15, 0.2) is 12.1 Å². The minimum atomic E-state index is -0.256. The number of anilines is 1. The Bertz CT molecular complexity index is 370. The molecular weight excluding hydrogens is 265 g/mol. The lowest BCUT2D eigenvalue weighted by Crippen LogP contribution is -2.12. The predicted molar refractivity (Wildman–Crippen MR) is 64.0 cm³/mol. The smallest absolute Gasteiger partial charge is 0.234 e. The number of carbonyl (C=O) groups excluding carboxylic acids is 1. The molecule has 0 aliphatic rings. The van der Waals surface area contributed by atoms with Gasteiger partial charge in [-0.05, 0) is 12.1 Å². The topological polar surface area (TPSA) is 29.1 Å². The lowest BCUT2D eigenvalue weighted by atomic mass is 10.3. The first-order valence-electron chi connectivity index (χ1n) is 3.60. The zero-order valence-electron chi connectivity index (χ0n) is 6.85. The molecule has 1 aromatic rings. The van der Waals surface area contributed by atoms with Crippen LogP contribution in [0.5, 0.6) is 0 Å². The molecule has 0 saturated heterocycles. The normalized spacial score (nSPS) is 10.0. The zero-order chi connectivity index (χ0) is 10.7. The third-order valence-corrected chi connectivity index (χ3v) is 2.75. The van der Waals surface area contributed by atoms with Crippen LogP contribution >= 0.6 is 47.4 Å². The fraction of sp³-hybridized carbons (Fsp3) is 0.125. The standard InChI is InChI=1S/C8H6Cl3NOS/c9-4-1-6(11)7(2-5(4)10)12-8(13)3-14/h1-2,14H,3H2,(H,12,13). The van der Waals surface area contributed by atoms with Crippen LogP contribution in [0.3, 0.4) is 0 Å². The molecular formula is C8H6Cl3NOS. The van der Waals surface area contributed by atoms with Gasteiger partial charge in [0, 0.05) is 0 Å². The number of carbonyl (C=O) groups is 1. The van der Waals surface area contributed by atoms with Crippen molar-refractivity contribution in [2.24, 2.45) is 0 Å². The lowest BCUT2D eigenvalue weighted by Gasteiger charge is -2.07. The van der Waals surface area contributed by atoms with Gasteiger partial charge in [0.15, 0.2) is 0 Å². The maximum absolute atomic E-state index is 11.0. The Morgan fingerprint density at radius 1 is 1.21 bits per heavy atom. The first-order valence-corrected chi connectivity index (χ1v) is 5.36. The fourth-order valence-electron chi connectivity index (χ4n) is 0.808. The molecule has 0 aromatic heterocycles. The molecule has 0 bridgehead atoms. The van der Waals surface area contributed by atoms with Crippen molar-refractivity contribution in [3.05, 3.63) is 27.2 Å². The molecule has 6 heteroatoms. The molecule has 0 fully saturated rings. The van der Waals surface area contributed by atoms with Gasteiger partial charge in [-0.1, -0.05) is 34.8 Å². The highest BCUT2D eigenvalue weighted by Gasteiger charge is 2.07. The van der Waals surface area contributed by atoms with Gasteiger partial charge in [0.25, 0.3) is 0 Å². The van der Waals surface area contributed by atoms with Gasteiger partial charge in [0.2, 0.25) is 5.91 Å². The second kappa shape index (κ2) is 5.12. The third kappa shape index (κ3) is 2.95. The van der Waals surface area contributed by atoms with Gasteiger partial charge in [0.1, 0.15) is 0 Å². The minimum Gasteiger partial charge on any atom is -0.324 e. The predicted octanol–water partition coefficient (Wildman–Crippen LogP) is 3.52. The molecule has 1 amide bonds. The van der Waals surface area contributed by atoms with Crippen LogP contribution in [0.1, 0.15) is 0 Å². The van der Waals surface area contributed by atoms with Crippen molar-refractivity contribution in [3.8, 4) is 0 Å². The summed E-state index contributed by atoms with van der Waals surface area (Å²) in [4.78, 5) is 11.0. The number of rotatable bonds is 2. The van der Waals surface area contributed by atoms with E-state index in [1.54, 1.807) is 0 Å². The van der Waals surface area contributed by atoms with E-state index < -0.39 is 0 Å². The van der Waals surface area contributed by atoms with Crippen molar-refractivity contribution in [2.45, 2.75) is 0 Å². The number of hydrogen-bond donors (Lipinski definition) is 2. The summed E-state index contributed by atoms with van der Waals surface area (Å²) in [5.41, 5.74) is 0.431. The van der Waals surface area contributed by atoms with E-state index in [0.29, 0.717) is 20.8 Å². The molecule has 0 aliphatic carbocycles. The highest BCUT2D eigenvalue weighted by Crippen LogP contribution is 2.32. The van der Waals surface area contributed by atoms with Crippen LogP contribution in [0.25, 0.3) is 0 Å². The summed E-state index contributed by atoms with van der Waals surface area (Å²) in [5.74, 6) is -0.176. The van der Waals surface area contributed by atoms with E-state index in [1.807, 2.05) is 0 Å². The molecule has 0 saturated carbocycles. The summed E-state index contributed by atoms with van der Waals surface area (Å²) >= 11 is 21.1. The van der Waals surface area contributed by atoms with Crippen molar-refractivity contribution in [3.63, 3.8) is 0 Å². The number of thiol groups is 1. The van der Waals surface area contributed by atoms with E-state index in [2.05, 4.69) is 17.9 Å². The first kappa shape index (κ1) is 12.0. The van der Waals surface area contributed by atoms with E-state index in [4.69, 9.17) is 34.8 Å². The van der Waals surface area contributed by atoms with Crippen LogP contribution in [0, 0.1) is 0 Å². The van der Waals surface area contributed by atoms with Crippen LogP contribution in [-0.4, -0.2) is 11.7 Å². The molecule has 2 nitrogen and oxygen atoms in total. The number of amides is 1. The van der Waals surface area contributed by atoms with Gasteiger partial charge in [0.05, 0.1) is 26.5 Å². The van der Waals surface area contributed by atoms with Gasteiger partial charge in [-0.2, -0.15) is 12.6 Å². The quantitative estimate of drug-likeness (QED) is 0.625. The van der Waals surface area contributed by atoms with Crippen molar-refractivity contribution in [1.29, 1.82) is 0 Å². The molecule has 0 radical (unpaired) electrons. The second-order valence-corrected chi connectivity index (χ2v) is 3.99. The van der Waals surface area contributed by atoms with Gasteiger partial charge in [-0.15, -0.1) is 0 Å². The highest BCUT2D eigenvalue weighted by molar-refractivity contribution is 7.81. The fourth-order valence-corrected chi connectivity index (χ4v) is 1.48. The third-order valence-electron chi connectivity index (χ3n) is 1.43. The van der Waals surface area contributed by atoms with E-state index in [9.17, 15) is 4.79 Å². The Morgan fingerprint density at radius 2 is 1.79 bits per heavy atom. The van der Waals surface area contributed by atoms with Crippen LogP contribution < -0.4 is 5.32 Å². The van der Waals surface area contributed by atoms with Gasteiger partial charge in [-0.25, -0.2) is 0 Å². The zero-order valence-corrected chi connectivity index (χ0v) is 10.0. The Balaban J connectivity index is 2.98. The Morgan fingerprint density at radius 3 is 2.36 bits per heavy atom. The lowest BCUT2D eigenvalue weighted by molar-refractivity contribution is -0.113. The maximum atomic E-state index is 11.0. The van der Waals surface area contributed by atoms with Gasteiger partial charge in [-0.3, -0.25) is 4.79 Å². The van der Waals surface area contributed by atoms with E-state index in [-0.39, 0.29) is 11.7 Å². The molecule has 0 atom stereocenters. The average molecular weight is 271 g/mol. The van der Waals surface area contributed by atoms with Crippen molar-refractivity contribution >= 4 is 59.0 Å². The van der Waals surface area contributed by atoms with E-state index in [1.165, 1.54) is 12.1 Å². The molecule has 1 N–H and O–H groups in total. The summed E-state index contributed by atoms with van der Waals surface area (Å²) in [7, 11) is 0. The van der Waals surface area contributed by atoms with Crippen molar-refractivity contribution in [2.75, 3.05) is 11.1 Å². The molecule has 0 spiro atoms. The largest absolute Gasteiger partial charge is 0.324 e. The van der Waals surface area contributed by atoms with E-state index >= 15 is 0 Å². The molecule has 1 rings (SSSR count). The molecule has 0 aliphatic heterocycles. The van der Waals surface area contributed by atoms with Crippen LogP contribution in [0.4, 0.5) is 5.69 Å². The van der Waals surface area contributed by atoms with Crippen molar-refractivity contribution in [1.82, 2.24) is 0 Å². The Kier molecular flexibility index (Phi) is 4.38. The summed E-state index contributed by atoms with van der Waals surface area (Å²) in [6.45, 7) is 0. The second-order valence-electron chi connectivity index (χ2n) is 2.45. The molecule has 0 heterocycles. The monoisotopic (exact) mass is 269 g/mol. The maximum Gasteiger partial charge on any atom is 0.234 e. The summed E-state index contributed by atoms with van der Waals surface area (Å²) < 4.78 is 0. The number of halogens is 3. The summed E-state index contributed by atoms with van der Waals surface area (Å²) in [5, 5.41) is 3.57. The number of benzene rings is 1. The van der Waals surface area contributed by atoms with E-state index in [0.717, 1.165) is 0 Å².